The predicted octanol–water partition coefficient (Wildman–Crippen LogP) is 1.52. The van der Waals surface area contributed by atoms with Crippen molar-refractivity contribution < 1.29 is 22.3 Å². The maximum absolute atomic E-state index is 12.3. The van der Waals surface area contributed by atoms with Crippen LogP contribution in [0, 0.1) is 11.3 Å². The number of halogens is 3. The minimum Gasteiger partial charge on any atom is -0.504 e. The van der Waals surface area contributed by atoms with Crippen LogP contribution in [-0.4, -0.2) is 18.5 Å². The summed E-state index contributed by atoms with van der Waals surface area (Å²) in [6, 6.07) is 1.71. The molecule has 1 aromatic rings. The van der Waals surface area contributed by atoms with Crippen LogP contribution < -0.4 is 0 Å². The number of hydrogen-bond acceptors (Lipinski definition) is 5. The second-order valence-electron chi connectivity index (χ2n) is 2.59. The Morgan fingerprint density at radius 1 is 1.56 bits per heavy atom. The molecular weight excluding hydrogens is 266 g/mol. The molecule has 0 aliphatic carbocycles. The molecule has 0 spiro atoms. The Kier molecular flexibility index (Phi) is 3.30. The van der Waals surface area contributed by atoms with Crippen LogP contribution >= 0.6 is 10.7 Å². The van der Waals surface area contributed by atoms with E-state index in [9.17, 15) is 22.3 Å². The van der Waals surface area contributed by atoms with Gasteiger partial charge in [0, 0.05) is 10.7 Å². The molecule has 16 heavy (non-hydrogen) atoms. The molecule has 0 radical (unpaired) electrons. The lowest BCUT2D eigenvalue weighted by Gasteiger charge is -2.05. The van der Waals surface area contributed by atoms with E-state index in [1.807, 2.05) is 0 Å². The number of alkyl halides is 2. The standard InChI is InChI=1S/C7H3ClF2N2O3S/c8-16(14,15)5-1-3(7(9)10)12-4(2-11)6(5)13/h1,7,13H. The highest BCUT2D eigenvalue weighted by atomic mass is 35.7. The molecule has 0 unspecified atom stereocenters. The highest BCUT2D eigenvalue weighted by Crippen LogP contribution is 2.31. The average molecular weight is 269 g/mol. The van der Waals surface area contributed by atoms with Gasteiger partial charge in [0.1, 0.15) is 16.7 Å². The van der Waals surface area contributed by atoms with Crippen molar-refractivity contribution in [2.45, 2.75) is 11.3 Å². The quantitative estimate of drug-likeness (QED) is 0.821. The van der Waals surface area contributed by atoms with Crippen LogP contribution in [0.3, 0.4) is 0 Å². The number of rotatable bonds is 2. The molecule has 1 N–H and O–H groups in total. The molecule has 86 valence electrons. The van der Waals surface area contributed by atoms with Crippen LogP contribution in [0.4, 0.5) is 8.78 Å². The summed E-state index contributed by atoms with van der Waals surface area (Å²) in [5.41, 5.74) is -1.77. The number of pyridine rings is 1. The highest BCUT2D eigenvalue weighted by molar-refractivity contribution is 8.13. The van der Waals surface area contributed by atoms with Crippen LogP contribution in [0.15, 0.2) is 11.0 Å². The van der Waals surface area contributed by atoms with Gasteiger partial charge in [-0.15, -0.1) is 0 Å². The van der Waals surface area contributed by atoms with Gasteiger partial charge < -0.3 is 5.11 Å². The van der Waals surface area contributed by atoms with Gasteiger partial charge in [0.25, 0.3) is 15.5 Å². The molecule has 1 rings (SSSR count). The van der Waals surface area contributed by atoms with E-state index in [0.717, 1.165) is 0 Å². The maximum Gasteiger partial charge on any atom is 0.280 e. The van der Waals surface area contributed by atoms with Crippen molar-refractivity contribution in [1.29, 1.82) is 5.26 Å². The molecule has 0 bridgehead atoms. The SMILES string of the molecule is N#Cc1nc(C(F)F)cc(S(=O)(=O)Cl)c1O. The number of hydrogen-bond donors (Lipinski definition) is 1. The van der Waals surface area contributed by atoms with Crippen molar-refractivity contribution in [3.05, 3.63) is 17.5 Å². The van der Waals surface area contributed by atoms with Crippen LogP contribution in [0.2, 0.25) is 0 Å². The normalized spacial score (nSPS) is 11.4. The van der Waals surface area contributed by atoms with E-state index in [-0.39, 0.29) is 0 Å². The van der Waals surface area contributed by atoms with Crippen molar-refractivity contribution in [3.63, 3.8) is 0 Å². The number of aromatic hydroxyl groups is 1. The smallest absolute Gasteiger partial charge is 0.280 e. The number of nitriles is 1. The van der Waals surface area contributed by atoms with Crippen molar-refractivity contribution in [1.82, 2.24) is 4.98 Å². The van der Waals surface area contributed by atoms with E-state index in [1.165, 1.54) is 6.07 Å². The van der Waals surface area contributed by atoms with Gasteiger partial charge >= 0.3 is 0 Å². The predicted molar refractivity (Wildman–Crippen MR) is 48.6 cm³/mol. The van der Waals surface area contributed by atoms with Gasteiger partial charge in [-0.3, -0.25) is 0 Å². The highest BCUT2D eigenvalue weighted by Gasteiger charge is 2.24. The molecule has 1 aromatic heterocycles. The molecular formula is C7H3ClF2N2O3S. The van der Waals surface area contributed by atoms with Crippen molar-refractivity contribution in [3.8, 4) is 11.8 Å². The van der Waals surface area contributed by atoms with Gasteiger partial charge in [-0.1, -0.05) is 0 Å². The summed E-state index contributed by atoms with van der Waals surface area (Å²) in [7, 11) is 0.475. The summed E-state index contributed by atoms with van der Waals surface area (Å²) in [5, 5.41) is 17.7. The third-order valence-corrected chi connectivity index (χ3v) is 2.91. The Labute approximate surface area is 93.3 Å². The minimum absolute atomic E-state index is 0.420. The van der Waals surface area contributed by atoms with E-state index in [2.05, 4.69) is 4.98 Å². The summed E-state index contributed by atoms with van der Waals surface area (Å²) < 4.78 is 46.4. The Bertz CT molecular complexity index is 568. The van der Waals surface area contributed by atoms with Gasteiger partial charge in [-0.25, -0.2) is 22.2 Å². The van der Waals surface area contributed by atoms with Gasteiger partial charge in [0.15, 0.2) is 11.4 Å². The molecule has 0 fully saturated rings. The Morgan fingerprint density at radius 3 is 2.50 bits per heavy atom. The van der Waals surface area contributed by atoms with Gasteiger partial charge in [-0.2, -0.15) is 5.26 Å². The zero-order valence-corrected chi connectivity index (χ0v) is 8.93. The van der Waals surface area contributed by atoms with E-state index in [1.54, 1.807) is 0 Å². The van der Waals surface area contributed by atoms with E-state index >= 15 is 0 Å². The Hall–Kier alpha value is -1.46. The summed E-state index contributed by atoms with van der Waals surface area (Å²) in [6.45, 7) is 0. The topological polar surface area (TPSA) is 91.0 Å². The summed E-state index contributed by atoms with van der Waals surface area (Å²) >= 11 is 0. The largest absolute Gasteiger partial charge is 0.504 e. The number of nitrogens with zero attached hydrogens (tertiary/aromatic N) is 2. The second-order valence-corrected chi connectivity index (χ2v) is 5.13. The molecule has 5 nitrogen and oxygen atoms in total. The summed E-state index contributed by atoms with van der Waals surface area (Å²) in [4.78, 5) is 2.12. The zero-order chi connectivity index (χ0) is 12.5. The van der Waals surface area contributed by atoms with Gasteiger partial charge in [-0.05, 0) is 6.07 Å². The van der Waals surface area contributed by atoms with Crippen LogP contribution in [0.1, 0.15) is 17.8 Å². The Balaban J connectivity index is 3.63. The lowest BCUT2D eigenvalue weighted by Crippen LogP contribution is -2.00. The fraction of sp³-hybridized carbons (Fsp3) is 0.143. The lowest BCUT2D eigenvalue weighted by atomic mass is 10.3. The van der Waals surface area contributed by atoms with Crippen molar-refractivity contribution >= 4 is 19.7 Å². The first-order chi connectivity index (χ1) is 7.27. The van der Waals surface area contributed by atoms with Crippen LogP contribution in [-0.2, 0) is 9.05 Å². The van der Waals surface area contributed by atoms with E-state index in [4.69, 9.17) is 15.9 Å². The first-order valence-electron chi connectivity index (χ1n) is 3.64. The van der Waals surface area contributed by atoms with Gasteiger partial charge in [0.05, 0.1) is 0 Å². The molecule has 9 heteroatoms. The molecule has 0 atom stereocenters. The zero-order valence-electron chi connectivity index (χ0n) is 7.35. The minimum atomic E-state index is -4.42. The number of aromatic nitrogens is 1. The first kappa shape index (κ1) is 12.6. The lowest BCUT2D eigenvalue weighted by molar-refractivity contribution is 0.145. The third kappa shape index (κ3) is 2.37. The molecule has 0 aromatic carbocycles. The van der Waals surface area contributed by atoms with E-state index in [0.29, 0.717) is 6.07 Å². The molecule has 0 aliphatic rings. The molecule has 0 saturated heterocycles. The Morgan fingerprint density at radius 2 is 2.12 bits per heavy atom. The fourth-order valence-electron chi connectivity index (χ4n) is 0.909. The van der Waals surface area contributed by atoms with E-state index < -0.39 is 37.5 Å². The molecule has 0 saturated carbocycles. The molecule has 0 aliphatic heterocycles. The average Bonchev–Trinajstić information content (AvgIpc) is 2.15. The van der Waals surface area contributed by atoms with Crippen molar-refractivity contribution in [2.75, 3.05) is 0 Å². The monoisotopic (exact) mass is 268 g/mol. The van der Waals surface area contributed by atoms with Crippen LogP contribution in [0.5, 0.6) is 5.75 Å². The van der Waals surface area contributed by atoms with Crippen molar-refractivity contribution in [2.24, 2.45) is 0 Å². The summed E-state index contributed by atoms with van der Waals surface area (Å²) in [5.74, 6) is -1.04. The first-order valence-corrected chi connectivity index (χ1v) is 5.95. The maximum atomic E-state index is 12.3. The van der Waals surface area contributed by atoms with Crippen LogP contribution in [0.25, 0.3) is 0 Å². The van der Waals surface area contributed by atoms with Gasteiger partial charge in [0.2, 0.25) is 0 Å². The third-order valence-electron chi connectivity index (χ3n) is 1.57. The molecule has 0 amide bonds. The fourth-order valence-corrected chi connectivity index (χ4v) is 1.85. The second kappa shape index (κ2) is 4.19. The summed E-state index contributed by atoms with van der Waals surface area (Å²) in [6.07, 6.45) is -3.08. The molecule has 1 heterocycles.